The molecule has 0 saturated carbocycles. The summed E-state index contributed by atoms with van der Waals surface area (Å²) in [4.78, 5) is 11.2. The summed E-state index contributed by atoms with van der Waals surface area (Å²) >= 11 is 0. The number of nitrogens with two attached hydrogens (primary N) is 1. The van der Waals surface area contributed by atoms with Gasteiger partial charge in [-0.3, -0.25) is 4.79 Å². The van der Waals surface area contributed by atoms with E-state index in [0.29, 0.717) is 13.0 Å². The summed E-state index contributed by atoms with van der Waals surface area (Å²) in [6.07, 6.45) is 9.30. The first-order chi connectivity index (χ1) is 9.22. The maximum atomic E-state index is 11.2. The van der Waals surface area contributed by atoms with E-state index in [9.17, 15) is 4.79 Å². The summed E-state index contributed by atoms with van der Waals surface area (Å²) in [6.45, 7) is 6.53. The molecule has 0 aliphatic rings. The number of amides is 1. The van der Waals surface area contributed by atoms with Crippen LogP contribution in [0, 0.1) is 0 Å². The van der Waals surface area contributed by atoms with Gasteiger partial charge in [0.05, 0.1) is 6.04 Å². The first-order valence-electron chi connectivity index (χ1n) is 7.82. The maximum Gasteiger partial charge on any atom is 0.234 e. The zero-order valence-electron chi connectivity index (χ0n) is 12.7. The Morgan fingerprint density at radius 2 is 1.74 bits per heavy atom. The van der Waals surface area contributed by atoms with E-state index >= 15 is 0 Å². The Hall–Kier alpha value is -0.610. The van der Waals surface area contributed by atoms with Crippen LogP contribution in [0.5, 0.6) is 0 Å². The average molecular weight is 272 g/mol. The molecule has 19 heavy (non-hydrogen) atoms. The van der Waals surface area contributed by atoms with Crippen LogP contribution >= 0.6 is 0 Å². The molecule has 0 fully saturated rings. The van der Waals surface area contributed by atoms with Crippen LogP contribution in [0.1, 0.15) is 65.2 Å². The first-order valence-corrected chi connectivity index (χ1v) is 7.82. The fraction of sp³-hybridized carbons (Fsp3) is 0.933. The predicted octanol–water partition coefficient (Wildman–Crippen LogP) is 2.61. The van der Waals surface area contributed by atoms with E-state index in [0.717, 1.165) is 26.0 Å². The van der Waals surface area contributed by atoms with Crippen LogP contribution < -0.4 is 11.1 Å². The number of rotatable bonds is 14. The van der Waals surface area contributed by atoms with E-state index in [-0.39, 0.29) is 11.9 Å². The molecular weight excluding hydrogens is 240 g/mol. The number of hydrogen-bond acceptors (Lipinski definition) is 3. The normalized spacial score (nSPS) is 12.5. The second-order valence-electron chi connectivity index (χ2n) is 5.08. The van der Waals surface area contributed by atoms with Crippen LogP contribution in [0.3, 0.4) is 0 Å². The predicted molar refractivity (Wildman–Crippen MR) is 80.1 cm³/mol. The Morgan fingerprint density at radius 3 is 2.37 bits per heavy atom. The van der Waals surface area contributed by atoms with Gasteiger partial charge in [-0.25, -0.2) is 0 Å². The van der Waals surface area contributed by atoms with Gasteiger partial charge in [0.25, 0.3) is 0 Å². The second-order valence-corrected chi connectivity index (χ2v) is 5.08. The highest BCUT2D eigenvalue weighted by atomic mass is 16.5. The minimum atomic E-state index is -0.281. The minimum Gasteiger partial charge on any atom is -0.381 e. The van der Waals surface area contributed by atoms with Crippen molar-refractivity contribution in [2.75, 3.05) is 19.8 Å². The van der Waals surface area contributed by atoms with Gasteiger partial charge < -0.3 is 15.8 Å². The molecule has 0 saturated heterocycles. The highest BCUT2D eigenvalue weighted by Gasteiger charge is 2.13. The lowest BCUT2D eigenvalue weighted by atomic mass is 10.1. The zero-order chi connectivity index (χ0) is 14.3. The second kappa shape index (κ2) is 13.8. The molecule has 0 aromatic rings. The summed E-state index contributed by atoms with van der Waals surface area (Å²) in [7, 11) is 0. The first kappa shape index (κ1) is 18.4. The van der Waals surface area contributed by atoms with E-state index in [2.05, 4.69) is 19.2 Å². The van der Waals surface area contributed by atoms with Crippen LogP contribution in [-0.4, -0.2) is 31.7 Å². The smallest absolute Gasteiger partial charge is 0.234 e. The van der Waals surface area contributed by atoms with Gasteiger partial charge in [0.15, 0.2) is 0 Å². The number of primary amides is 1. The van der Waals surface area contributed by atoms with E-state index in [1.165, 1.54) is 32.1 Å². The van der Waals surface area contributed by atoms with Crippen molar-refractivity contribution in [3.05, 3.63) is 0 Å². The fourth-order valence-electron chi connectivity index (χ4n) is 1.95. The number of carbonyl (C=O) groups is 1. The third-order valence-electron chi connectivity index (χ3n) is 3.18. The highest BCUT2D eigenvalue weighted by Crippen LogP contribution is 2.05. The van der Waals surface area contributed by atoms with E-state index in [4.69, 9.17) is 10.5 Å². The third-order valence-corrected chi connectivity index (χ3v) is 3.18. The van der Waals surface area contributed by atoms with Crippen molar-refractivity contribution in [3.63, 3.8) is 0 Å². The molecule has 0 bridgehead atoms. The highest BCUT2D eigenvalue weighted by molar-refractivity contribution is 5.79. The number of hydrogen-bond donors (Lipinski definition) is 2. The Bertz CT molecular complexity index is 210. The van der Waals surface area contributed by atoms with Crippen molar-refractivity contribution < 1.29 is 9.53 Å². The molecule has 4 nitrogen and oxygen atoms in total. The van der Waals surface area contributed by atoms with Gasteiger partial charge in [0, 0.05) is 13.2 Å². The molecule has 4 heteroatoms. The molecule has 0 aromatic heterocycles. The van der Waals surface area contributed by atoms with Gasteiger partial charge in [0.2, 0.25) is 5.91 Å². The van der Waals surface area contributed by atoms with E-state index in [1.54, 1.807) is 0 Å². The van der Waals surface area contributed by atoms with Crippen molar-refractivity contribution in [1.29, 1.82) is 0 Å². The lowest BCUT2D eigenvalue weighted by Gasteiger charge is -2.14. The molecule has 114 valence electrons. The number of carbonyl (C=O) groups excluding carboxylic acids is 1. The van der Waals surface area contributed by atoms with Crippen LogP contribution in [-0.2, 0) is 9.53 Å². The SMILES string of the molecule is CCCCCCCCOCCC(NCCC)C(N)=O. The molecule has 0 heterocycles. The van der Waals surface area contributed by atoms with Gasteiger partial charge in [-0.05, 0) is 25.8 Å². The topological polar surface area (TPSA) is 64.3 Å². The monoisotopic (exact) mass is 272 g/mol. The third kappa shape index (κ3) is 12.2. The summed E-state index contributed by atoms with van der Waals surface area (Å²) in [5, 5.41) is 3.14. The number of unbranched alkanes of at least 4 members (excludes halogenated alkanes) is 5. The summed E-state index contributed by atoms with van der Waals surface area (Å²) in [5.74, 6) is -0.281. The minimum absolute atomic E-state index is 0.246. The molecule has 1 atom stereocenters. The molecule has 0 radical (unpaired) electrons. The van der Waals surface area contributed by atoms with Crippen LogP contribution in [0.15, 0.2) is 0 Å². The molecule has 0 aliphatic carbocycles. The average Bonchev–Trinajstić information content (AvgIpc) is 2.39. The summed E-state index contributed by atoms with van der Waals surface area (Å²) < 4.78 is 5.55. The van der Waals surface area contributed by atoms with Crippen molar-refractivity contribution in [2.24, 2.45) is 5.73 Å². The quantitative estimate of drug-likeness (QED) is 0.478. The number of nitrogens with one attached hydrogen (secondary N) is 1. The molecule has 0 rings (SSSR count). The molecule has 1 amide bonds. The standard InChI is InChI=1S/C15H32N2O2/c1-3-5-6-7-8-9-12-19-13-10-14(15(16)18)17-11-4-2/h14,17H,3-13H2,1-2H3,(H2,16,18). The van der Waals surface area contributed by atoms with Crippen molar-refractivity contribution in [2.45, 2.75) is 71.3 Å². The molecule has 0 spiro atoms. The fourth-order valence-corrected chi connectivity index (χ4v) is 1.95. The van der Waals surface area contributed by atoms with Crippen molar-refractivity contribution >= 4 is 5.91 Å². The molecule has 3 N–H and O–H groups in total. The zero-order valence-corrected chi connectivity index (χ0v) is 12.7. The Labute approximate surface area is 118 Å². The van der Waals surface area contributed by atoms with Crippen molar-refractivity contribution in [1.82, 2.24) is 5.32 Å². The van der Waals surface area contributed by atoms with Crippen LogP contribution in [0.2, 0.25) is 0 Å². The molecule has 0 aliphatic heterocycles. The molecule has 1 unspecified atom stereocenters. The van der Waals surface area contributed by atoms with Crippen LogP contribution in [0.25, 0.3) is 0 Å². The van der Waals surface area contributed by atoms with Gasteiger partial charge >= 0.3 is 0 Å². The summed E-state index contributed by atoms with van der Waals surface area (Å²) in [6, 6.07) is -0.246. The largest absolute Gasteiger partial charge is 0.381 e. The lowest BCUT2D eigenvalue weighted by molar-refractivity contribution is -0.120. The van der Waals surface area contributed by atoms with Gasteiger partial charge in [-0.1, -0.05) is 46.0 Å². The molecule has 0 aromatic carbocycles. The van der Waals surface area contributed by atoms with Gasteiger partial charge in [-0.2, -0.15) is 0 Å². The van der Waals surface area contributed by atoms with Crippen molar-refractivity contribution in [3.8, 4) is 0 Å². The Balaban J connectivity index is 3.37. The van der Waals surface area contributed by atoms with Gasteiger partial charge in [0.1, 0.15) is 0 Å². The maximum absolute atomic E-state index is 11.2. The van der Waals surface area contributed by atoms with E-state index < -0.39 is 0 Å². The number of ether oxygens (including phenoxy) is 1. The Morgan fingerprint density at radius 1 is 1.05 bits per heavy atom. The molecular formula is C15H32N2O2. The summed E-state index contributed by atoms with van der Waals surface area (Å²) in [5.41, 5.74) is 5.33. The lowest BCUT2D eigenvalue weighted by Crippen LogP contribution is -2.42. The van der Waals surface area contributed by atoms with Gasteiger partial charge in [-0.15, -0.1) is 0 Å². The van der Waals surface area contributed by atoms with E-state index in [1.807, 2.05) is 0 Å². The van der Waals surface area contributed by atoms with Crippen LogP contribution in [0.4, 0.5) is 0 Å². The Kier molecular flexibility index (Phi) is 13.4.